The van der Waals surface area contributed by atoms with E-state index in [1.165, 1.54) is 10.9 Å². The van der Waals surface area contributed by atoms with Gasteiger partial charge in [-0.3, -0.25) is 4.79 Å². The van der Waals surface area contributed by atoms with Crippen LogP contribution in [0.15, 0.2) is 81.1 Å². The number of hydrogen-bond donors (Lipinski definition) is 0. The van der Waals surface area contributed by atoms with Crippen molar-refractivity contribution in [2.45, 2.75) is 6.92 Å². The van der Waals surface area contributed by atoms with Gasteiger partial charge in [-0.2, -0.15) is 9.78 Å². The van der Waals surface area contributed by atoms with Gasteiger partial charge in [-0.05, 0) is 61.5 Å². The van der Waals surface area contributed by atoms with Gasteiger partial charge in [0.1, 0.15) is 17.3 Å². The normalized spacial score (nSPS) is 11.1. The topological polar surface area (TPSA) is 82.8 Å². The van der Waals surface area contributed by atoms with Gasteiger partial charge in [-0.15, -0.1) is 0 Å². The highest BCUT2D eigenvalue weighted by Crippen LogP contribution is 2.23. The molecule has 0 atom stereocenters. The number of para-hydroxylation sites is 1. The predicted molar refractivity (Wildman–Crippen MR) is 126 cm³/mol. The van der Waals surface area contributed by atoms with Gasteiger partial charge in [-0.1, -0.05) is 28.1 Å². The third-order valence-corrected chi connectivity index (χ3v) is 5.22. The third-order valence-electron chi connectivity index (χ3n) is 4.73. The van der Waals surface area contributed by atoms with Gasteiger partial charge in [-0.25, -0.2) is 9.78 Å². The number of esters is 1. The Balaban J connectivity index is 1.67. The fraction of sp³-hybridized carbons (Fsp3) is 0.0833. The van der Waals surface area contributed by atoms with E-state index in [1.807, 2.05) is 6.07 Å². The lowest BCUT2D eigenvalue weighted by molar-refractivity contribution is 0.0734. The number of benzene rings is 3. The number of fused-ring (bicyclic) bond motifs is 1. The Kier molecular flexibility index (Phi) is 6.13. The monoisotopic (exact) mass is 491 g/mol. The summed E-state index contributed by atoms with van der Waals surface area (Å²) in [7, 11) is 1.55. The van der Waals surface area contributed by atoms with Crippen molar-refractivity contribution in [1.29, 1.82) is 0 Å². The van der Waals surface area contributed by atoms with Crippen molar-refractivity contribution in [3.63, 3.8) is 0 Å². The average molecular weight is 492 g/mol. The summed E-state index contributed by atoms with van der Waals surface area (Å²) in [5.74, 6) is 0.863. The molecule has 0 aliphatic carbocycles. The van der Waals surface area contributed by atoms with Crippen molar-refractivity contribution in [3.8, 4) is 11.5 Å². The van der Waals surface area contributed by atoms with E-state index in [0.717, 1.165) is 4.47 Å². The molecule has 0 unspecified atom stereocenters. The van der Waals surface area contributed by atoms with Crippen LogP contribution in [0.25, 0.3) is 10.9 Å². The number of aryl methyl sites for hydroxylation is 1. The van der Waals surface area contributed by atoms with Crippen LogP contribution in [-0.2, 0) is 0 Å². The van der Waals surface area contributed by atoms with Crippen molar-refractivity contribution in [2.24, 2.45) is 5.10 Å². The molecule has 0 N–H and O–H groups in total. The number of nitrogens with zero attached hydrogens (tertiary/aromatic N) is 3. The molecular weight excluding hydrogens is 474 g/mol. The van der Waals surface area contributed by atoms with E-state index in [2.05, 4.69) is 26.0 Å². The summed E-state index contributed by atoms with van der Waals surface area (Å²) in [5, 5.41) is 4.79. The SMILES string of the molecule is COc1ccc(C(=O)Oc2ccc(Br)cc2C=Nn2c(C)nc3ccccc3c2=O)cc1. The van der Waals surface area contributed by atoms with E-state index in [-0.39, 0.29) is 5.56 Å². The van der Waals surface area contributed by atoms with Gasteiger partial charge in [0.2, 0.25) is 0 Å². The first-order chi connectivity index (χ1) is 15.5. The second-order valence-corrected chi connectivity index (χ2v) is 7.75. The highest BCUT2D eigenvalue weighted by molar-refractivity contribution is 9.10. The smallest absolute Gasteiger partial charge is 0.343 e. The standard InChI is InChI=1S/C24H18BrN3O4/c1-15-27-21-6-4-3-5-20(21)23(29)28(15)26-14-17-13-18(25)9-12-22(17)32-24(30)16-7-10-19(31-2)11-8-16/h3-14H,1-2H3. The highest BCUT2D eigenvalue weighted by Gasteiger charge is 2.13. The molecule has 0 spiro atoms. The molecule has 4 aromatic rings. The summed E-state index contributed by atoms with van der Waals surface area (Å²) in [5.41, 5.74) is 1.22. The lowest BCUT2D eigenvalue weighted by Gasteiger charge is -2.09. The molecule has 7 nitrogen and oxygen atoms in total. The maximum absolute atomic E-state index is 12.8. The Morgan fingerprint density at radius 1 is 1.09 bits per heavy atom. The molecule has 0 aliphatic heterocycles. The number of aromatic nitrogens is 2. The molecule has 0 aliphatic rings. The summed E-state index contributed by atoms with van der Waals surface area (Å²) >= 11 is 3.41. The van der Waals surface area contributed by atoms with Crippen LogP contribution in [0, 0.1) is 6.92 Å². The number of rotatable bonds is 5. The van der Waals surface area contributed by atoms with Crippen LogP contribution in [0.4, 0.5) is 0 Å². The molecule has 0 saturated heterocycles. The molecule has 160 valence electrons. The minimum Gasteiger partial charge on any atom is -0.497 e. The van der Waals surface area contributed by atoms with Gasteiger partial charge in [0, 0.05) is 10.0 Å². The molecule has 8 heteroatoms. The van der Waals surface area contributed by atoms with Gasteiger partial charge >= 0.3 is 5.97 Å². The van der Waals surface area contributed by atoms with Crippen molar-refractivity contribution >= 4 is 39.0 Å². The molecule has 32 heavy (non-hydrogen) atoms. The minimum atomic E-state index is -0.523. The Hall–Kier alpha value is -3.78. The van der Waals surface area contributed by atoms with Crippen molar-refractivity contribution in [2.75, 3.05) is 7.11 Å². The van der Waals surface area contributed by atoms with E-state index >= 15 is 0 Å². The summed E-state index contributed by atoms with van der Waals surface area (Å²) < 4.78 is 12.7. The van der Waals surface area contributed by atoms with Crippen LogP contribution in [0.3, 0.4) is 0 Å². The molecule has 0 amide bonds. The molecule has 3 aromatic carbocycles. The van der Waals surface area contributed by atoms with E-state index in [9.17, 15) is 9.59 Å². The number of carbonyl (C=O) groups excluding carboxylic acids is 1. The third kappa shape index (κ3) is 4.45. The maximum atomic E-state index is 12.8. The Morgan fingerprint density at radius 2 is 1.84 bits per heavy atom. The summed E-state index contributed by atoms with van der Waals surface area (Å²) in [6.07, 6.45) is 1.46. The number of methoxy groups -OCH3 is 1. The molecule has 0 bridgehead atoms. The summed E-state index contributed by atoms with van der Waals surface area (Å²) in [6.45, 7) is 1.71. The molecule has 0 radical (unpaired) electrons. The fourth-order valence-corrected chi connectivity index (χ4v) is 3.47. The Labute approximate surface area is 192 Å². The second kappa shape index (κ2) is 9.15. The largest absolute Gasteiger partial charge is 0.497 e. The molecular formula is C24H18BrN3O4. The molecule has 1 heterocycles. The van der Waals surface area contributed by atoms with Gasteiger partial charge < -0.3 is 9.47 Å². The molecule has 0 fully saturated rings. The maximum Gasteiger partial charge on any atom is 0.343 e. The van der Waals surface area contributed by atoms with Crippen molar-refractivity contribution < 1.29 is 14.3 Å². The summed E-state index contributed by atoms with van der Waals surface area (Å²) in [6, 6.07) is 18.9. The molecule has 0 saturated carbocycles. The van der Waals surface area contributed by atoms with Crippen molar-refractivity contribution in [3.05, 3.63) is 98.5 Å². The molecule has 4 rings (SSSR count). The zero-order valence-corrected chi connectivity index (χ0v) is 18.9. The highest BCUT2D eigenvalue weighted by atomic mass is 79.9. The van der Waals surface area contributed by atoms with Crippen LogP contribution in [0.1, 0.15) is 21.7 Å². The van der Waals surface area contributed by atoms with Crippen LogP contribution in [0.2, 0.25) is 0 Å². The number of hydrogen-bond acceptors (Lipinski definition) is 6. The van der Waals surface area contributed by atoms with Crippen LogP contribution >= 0.6 is 15.9 Å². The number of halogens is 1. The van der Waals surface area contributed by atoms with Crippen LogP contribution < -0.4 is 15.0 Å². The number of ether oxygens (including phenoxy) is 2. The quantitative estimate of drug-likeness (QED) is 0.232. The fourth-order valence-electron chi connectivity index (χ4n) is 3.09. The summed E-state index contributed by atoms with van der Waals surface area (Å²) in [4.78, 5) is 29.9. The predicted octanol–water partition coefficient (Wildman–Crippen LogP) is 4.58. The van der Waals surface area contributed by atoms with Crippen LogP contribution in [-0.4, -0.2) is 29.0 Å². The lowest BCUT2D eigenvalue weighted by atomic mass is 10.2. The lowest BCUT2D eigenvalue weighted by Crippen LogP contribution is -2.20. The second-order valence-electron chi connectivity index (χ2n) is 6.84. The average Bonchev–Trinajstić information content (AvgIpc) is 2.80. The van der Waals surface area contributed by atoms with E-state index in [0.29, 0.717) is 39.4 Å². The first-order valence-electron chi connectivity index (χ1n) is 9.65. The zero-order chi connectivity index (χ0) is 22.7. The van der Waals surface area contributed by atoms with Gasteiger partial charge in [0.25, 0.3) is 5.56 Å². The Morgan fingerprint density at radius 3 is 2.59 bits per heavy atom. The van der Waals surface area contributed by atoms with Gasteiger partial charge in [0.15, 0.2) is 0 Å². The first kappa shape index (κ1) is 21.5. The van der Waals surface area contributed by atoms with E-state index in [4.69, 9.17) is 9.47 Å². The van der Waals surface area contributed by atoms with Gasteiger partial charge in [0.05, 0.1) is 29.8 Å². The Bertz CT molecular complexity index is 1400. The van der Waals surface area contributed by atoms with Crippen molar-refractivity contribution in [1.82, 2.24) is 9.66 Å². The van der Waals surface area contributed by atoms with E-state index < -0.39 is 5.97 Å². The number of carbonyl (C=O) groups is 1. The van der Waals surface area contributed by atoms with Crippen LogP contribution in [0.5, 0.6) is 11.5 Å². The van der Waals surface area contributed by atoms with E-state index in [1.54, 1.807) is 74.7 Å². The molecule has 1 aromatic heterocycles. The zero-order valence-electron chi connectivity index (χ0n) is 17.3. The minimum absolute atomic E-state index is 0.281. The first-order valence-corrected chi connectivity index (χ1v) is 10.4.